The standard InChI is InChI=1S/C19H15N5O2/c25-19(24-14-6-1-4-13-5-2-8-21-17(13)14)23-12-15-18(22-10-9-20-15)16-7-3-11-26-16/h1-11H,12H2,(H2,23,24,25). The molecule has 0 aliphatic carbocycles. The average Bonchev–Trinajstić information content (AvgIpc) is 3.21. The van der Waals surface area contributed by atoms with E-state index in [0.717, 1.165) is 10.9 Å². The molecule has 26 heavy (non-hydrogen) atoms. The summed E-state index contributed by atoms with van der Waals surface area (Å²) in [7, 11) is 0. The van der Waals surface area contributed by atoms with Crippen molar-refractivity contribution in [2.24, 2.45) is 0 Å². The van der Waals surface area contributed by atoms with Gasteiger partial charge >= 0.3 is 6.03 Å². The molecule has 3 aromatic heterocycles. The molecular formula is C19H15N5O2. The first kappa shape index (κ1) is 15.8. The molecular weight excluding hydrogens is 330 g/mol. The number of fused-ring (bicyclic) bond motifs is 1. The van der Waals surface area contributed by atoms with Crippen molar-refractivity contribution in [2.45, 2.75) is 6.54 Å². The van der Waals surface area contributed by atoms with Gasteiger partial charge in [0.15, 0.2) is 5.76 Å². The maximum Gasteiger partial charge on any atom is 0.319 e. The van der Waals surface area contributed by atoms with Crippen LogP contribution in [0.1, 0.15) is 5.69 Å². The van der Waals surface area contributed by atoms with E-state index in [0.29, 0.717) is 22.8 Å². The Labute approximate surface area is 149 Å². The third-order valence-electron chi connectivity index (χ3n) is 3.83. The van der Waals surface area contributed by atoms with Crippen LogP contribution in [0, 0.1) is 0 Å². The molecule has 0 fully saturated rings. The van der Waals surface area contributed by atoms with E-state index >= 15 is 0 Å². The molecule has 0 aliphatic rings. The van der Waals surface area contributed by atoms with Gasteiger partial charge in [0, 0.05) is 24.0 Å². The van der Waals surface area contributed by atoms with Crippen molar-refractivity contribution >= 4 is 22.6 Å². The quantitative estimate of drug-likeness (QED) is 0.589. The van der Waals surface area contributed by atoms with Crippen LogP contribution < -0.4 is 10.6 Å². The molecule has 4 aromatic rings. The number of aromatic nitrogens is 3. The molecule has 0 unspecified atom stereocenters. The normalized spacial score (nSPS) is 10.6. The highest BCUT2D eigenvalue weighted by atomic mass is 16.3. The number of anilines is 1. The number of hydrogen-bond acceptors (Lipinski definition) is 5. The van der Waals surface area contributed by atoms with Gasteiger partial charge in [-0.3, -0.25) is 9.97 Å². The predicted octanol–water partition coefficient (Wildman–Crippen LogP) is 3.61. The van der Waals surface area contributed by atoms with Gasteiger partial charge in [0.2, 0.25) is 0 Å². The molecule has 0 aliphatic heterocycles. The Bertz CT molecular complexity index is 1040. The molecule has 0 radical (unpaired) electrons. The lowest BCUT2D eigenvalue weighted by atomic mass is 10.2. The maximum atomic E-state index is 12.3. The summed E-state index contributed by atoms with van der Waals surface area (Å²) in [4.78, 5) is 25.2. The summed E-state index contributed by atoms with van der Waals surface area (Å²) in [5, 5.41) is 6.58. The maximum absolute atomic E-state index is 12.3. The molecule has 7 nitrogen and oxygen atoms in total. The number of furan rings is 1. The molecule has 0 bridgehead atoms. The lowest BCUT2D eigenvalue weighted by molar-refractivity contribution is 0.251. The number of carbonyl (C=O) groups is 1. The fraction of sp³-hybridized carbons (Fsp3) is 0.0526. The van der Waals surface area contributed by atoms with E-state index in [1.165, 1.54) is 0 Å². The minimum atomic E-state index is -0.348. The lowest BCUT2D eigenvalue weighted by Gasteiger charge is -2.10. The molecule has 0 saturated carbocycles. The van der Waals surface area contributed by atoms with Crippen LogP contribution in [0.2, 0.25) is 0 Å². The van der Waals surface area contributed by atoms with Crippen molar-refractivity contribution in [3.05, 3.63) is 73.0 Å². The lowest BCUT2D eigenvalue weighted by Crippen LogP contribution is -2.29. The van der Waals surface area contributed by atoms with E-state index in [-0.39, 0.29) is 12.6 Å². The first-order chi connectivity index (χ1) is 12.8. The number of pyridine rings is 1. The van der Waals surface area contributed by atoms with Crippen molar-refractivity contribution in [3.63, 3.8) is 0 Å². The minimum Gasteiger partial charge on any atom is -0.463 e. The van der Waals surface area contributed by atoms with Crippen LogP contribution in [-0.2, 0) is 6.54 Å². The monoisotopic (exact) mass is 345 g/mol. The molecule has 2 amide bonds. The highest BCUT2D eigenvalue weighted by molar-refractivity contribution is 5.99. The van der Waals surface area contributed by atoms with E-state index in [9.17, 15) is 4.79 Å². The molecule has 128 valence electrons. The highest BCUT2D eigenvalue weighted by Gasteiger charge is 2.12. The Morgan fingerprint density at radius 1 is 0.962 bits per heavy atom. The third-order valence-corrected chi connectivity index (χ3v) is 3.83. The first-order valence-electron chi connectivity index (χ1n) is 8.03. The SMILES string of the molecule is O=C(NCc1nccnc1-c1ccco1)Nc1cccc2cccnc12. The number of amides is 2. The molecule has 0 spiro atoms. The summed E-state index contributed by atoms with van der Waals surface area (Å²) in [5.74, 6) is 0.605. The van der Waals surface area contributed by atoms with E-state index in [2.05, 4.69) is 25.6 Å². The Hall–Kier alpha value is -3.74. The molecule has 3 heterocycles. The third kappa shape index (κ3) is 3.23. The minimum absolute atomic E-state index is 0.216. The van der Waals surface area contributed by atoms with Crippen molar-refractivity contribution in [2.75, 3.05) is 5.32 Å². The summed E-state index contributed by atoms with van der Waals surface area (Å²) in [6.07, 6.45) is 6.43. The smallest absolute Gasteiger partial charge is 0.319 e. The van der Waals surface area contributed by atoms with Gasteiger partial charge in [0.1, 0.15) is 5.69 Å². The van der Waals surface area contributed by atoms with Crippen LogP contribution >= 0.6 is 0 Å². The molecule has 7 heteroatoms. The second-order valence-electron chi connectivity index (χ2n) is 5.52. The number of urea groups is 1. The average molecular weight is 345 g/mol. The molecule has 0 saturated heterocycles. The topological polar surface area (TPSA) is 92.9 Å². The van der Waals surface area contributed by atoms with Gasteiger partial charge in [-0.05, 0) is 24.3 Å². The Morgan fingerprint density at radius 3 is 2.73 bits per heavy atom. The Balaban J connectivity index is 1.48. The molecule has 0 atom stereocenters. The van der Waals surface area contributed by atoms with Crippen molar-refractivity contribution in [1.29, 1.82) is 0 Å². The van der Waals surface area contributed by atoms with E-state index in [4.69, 9.17) is 4.42 Å². The number of rotatable bonds is 4. The summed E-state index contributed by atoms with van der Waals surface area (Å²) in [6, 6.07) is 12.7. The number of carbonyl (C=O) groups excluding carboxylic acids is 1. The summed E-state index contributed by atoms with van der Waals surface area (Å²) >= 11 is 0. The van der Waals surface area contributed by atoms with Crippen molar-refractivity contribution < 1.29 is 9.21 Å². The van der Waals surface area contributed by atoms with E-state index in [1.807, 2.05) is 30.3 Å². The van der Waals surface area contributed by atoms with Crippen LogP contribution in [-0.4, -0.2) is 21.0 Å². The summed E-state index contributed by atoms with van der Waals surface area (Å²) in [6.45, 7) is 0.216. The fourth-order valence-electron chi connectivity index (χ4n) is 2.65. The first-order valence-corrected chi connectivity index (χ1v) is 8.03. The number of nitrogens with zero attached hydrogens (tertiary/aromatic N) is 3. The molecule has 1 aromatic carbocycles. The van der Waals surface area contributed by atoms with Gasteiger partial charge in [-0.15, -0.1) is 0 Å². The van der Waals surface area contributed by atoms with Crippen LogP contribution in [0.15, 0.2) is 71.7 Å². The van der Waals surface area contributed by atoms with E-state index in [1.54, 1.807) is 37.0 Å². The van der Waals surface area contributed by atoms with Gasteiger partial charge in [0.05, 0.1) is 29.7 Å². The van der Waals surface area contributed by atoms with Crippen molar-refractivity contribution in [3.8, 4) is 11.5 Å². The molecule has 4 rings (SSSR count). The van der Waals surface area contributed by atoms with Crippen LogP contribution in [0.25, 0.3) is 22.4 Å². The molecule has 2 N–H and O–H groups in total. The largest absolute Gasteiger partial charge is 0.463 e. The second kappa shape index (κ2) is 7.02. The zero-order valence-corrected chi connectivity index (χ0v) is 13.7. The highest BCUT2D eigenvalue weighted by Crippen LogP contribution is 2.21. The zero-order chi connectivity index (χ0) is 17.8. The number of nitrogens with one attached hydrogen (secondary N) is 2. The summed E-state index contributed by atoms with van der Waals surface area (Å²) in [5.41, 5.74) is 2.60. The zero-order valence-electron chi connectivity index (χ0n) is 13.7. The van der Waals surface area contributed by atoms with Gasteiger partial charge in [-0.1, -0.05) is 18.2 Å². The Morgan fingerprint density at radius 2 is 1.85 bits per heavy atom. The van der Waals surface area contributed by atoms with Crippen LogP contribution in [0.5, 0.6) is 0 Å². The van der Waals surface area contributed by atoms with Gasteiger partial charge in [0.25, 0.3) is 0 Å². The predicted molar refractivity (Wildman–Crippen MR) is 97.3 cm³/mol. The van der Waals surface area contributed by atoms with Crippen LogP contribution in [0.3, 0.4) is 0 Å². The fourth-order valence-corrected chi connectivity index (χ4v) is 2.65. The van der Waals surface area contributed by atoms with Gasteiger partial charge in [-0.25, -0.2) is 9.78 Å². The number of benzene rings is 1. The number of hydrogen-bond donors (Lipinski definition) is 2. The van der Waals surface area contributed by atoms with Gasteiger partial charge < -0.3 is 15.1 Å². The Kier molecular flexibility index (Phi) is 4.26. The van der Waals surface area contributed by atoms with Gasteiger partial charge in [-0.2, -0.15) is 0 Å². The van der Waals surface area contributed by atoms with Crippen molar-refractivity contribution in [1.82, 2.24) is 20.3 Å². The summed E-state index contributed by atoms with van der Waals surface area (Å²) < 4.78 is 5.37. The van der Waals surface area contributed by atoms with Crippen LogP contribution in [0.4, 0.5) is 10.5 Å². The van der Waals surface area contributed by atoms with E-state index < -0.39 is 0 Å². The second-order valence-corrected chi connectivity index (χ2v) is 5.52. The number of para-hydroxylation sites is 1.